The van der Waals surface area contributed by atoms with Crippen molar-refractivity contribution in [3.05, 3.63) is 0 Å². The third kappa shape index (κ3) is 4.41. The van der Waals surface area contributed by atoms with E-state index in [2.05, 4.69) is 5.32 Å². The summed E-state index contributed by atoms with van der Waals surface area (Å²) >= 11 is 1.53. The lowest BCUT2D eigenvalue weighted by Crippen LogP contribution is -2.44. The smallest absolute Gasteiger partial charge is 0.326 e. The normalized spacial score (nSPS) is 20.4. The van der Waals surface area contributed by atoms with Crippen molar-refractivity contribution >= 4 is 29.5 Å². The Morgan fingerprint density at radius 3 is 2.74 bits per heavy atom. The number of amides is 2. The second-order valence-electron chi connectivity index (χ2n) is 4.51. The van der Waals surface area contributed by atoms with Crippen LogP contribution in [0.15, 0.2) is 0 Å². The van der Waals surface area contributed by atoms with Gasteiger partial charge in [0.25, 0.3) is 0 Å². The molecule has 19 heavy (non-hydrogen) atoms. The van der Waals surface area contributed by atoms with Gasteiger partial charge in [-0.25, -0.2) is 4.79 Å². The number of carbonyl (C=O) groups excluding carboxylic acids is 2. The molecule has 0 saturated carbocycles. The first-order chi connectivity index (χ1) is 8.99. The average molecular weight is 288 g/mol. The molecule has 0 aromatic heterocycles. The van der Waals surface area contributed by atoms with Crippen LogP contribution in [-0.4, -0.2) is 58.9 Å². The van der Waals surface area contributed by atoms with Crippen molar-refractivity contribution in [2.24, 2.45) is 5.92 Å². The molecule has 2 atom stereocenters. The third-order valence-electron chi connectivity index (χ3n) is 3.19. The number of carbonyl (C=O) groups is 3. The highest BCUT2D eigenvalue weighted by Crippen LogP contribution is 2.17. The molecule has 1 fully saturated rings. The number of hydrogen-bond acceptors (Lipinski definition) is 4. The zero-order valence-corrected chi connectivity index (χ0v) is 12.0. The first kappa shape index (κ1) is 15.8. The van der Waals surface area contributed by atoms with Crippen molar-refractivity contribution in [2.75, 3.05) is 25.1 Å². The average Bonchev–Trinajstić information content (AvgIpc) is 2.75. The van der Waals surface area contributed by atoms with E-state index in [0.717, 1.165) is 0 Å². The minimum atomic E-state index is -1.03. The van der Waals surface area contributed by atoms with Crippen LogP contribution in [0.1, 0.15) is 19.8 Å². The van der Waals surface area contributed by atoms with Gasteiger partial charge >= 0.3 is 5.97 Å². The Kier molecular flexibility index (Phi) is 6.14. The quantitative estimate of drug-likeness (QED) is 0.698. The second-order valence-corrected chi connectivity index (χ2v) is 5.50. The van der Waals surface area contributed by atoms with E-state index in [4.69, 9.17) is 5.11 Å². The molecule has 108 valence electrons. The summed E-state index contributed by atoms with van der Waals surface area (Å²) in [6.07, 6.45) is 2.45. The Morgan fingerprint density at radius 1 is 1.58 bits per heavy atom. The molecular formula is C12H20N2O4S. The predicted octanol–water partition coefficient (Wildman–Crippen LogP) is 0.177. The fourth-order valence-corrected chi connectivity index (χ4v) is 2.51. The number of carboxylic acids is 1. The maximum Gasteiger partial charge on any atom is 0.326 e. The van der Waals surface area contributed by atoms with Crippen LogP contribution in [-0.2, 0) is 14.4 Å². The predicted molar refractivity (Wildman–Crippen MR) is 72.9 cm³/mol. The molecule has 2 N–H and O–H groups in total. The molecule has 6 nitrogen and oxygen atoms in total. The van der Waals surface area contributed by atoms with Crippen LogP contribution in [0.2, 0.25) is 0 Å². The summed E-state index contributed by atoms with van der Waals surface area (Å²) in [6, 6.07) is -0.870. The monoisotopic (exact) mass is 288 g/mol. The van der Waals surface area contributed by atoms with Crippen LogP contribution >= 0.6 is 11.8 Å². The number of nitrogens with zero attached hydrogens (tertiary/aromatic N) is 1. The molecule has 1 unspecified atom stereocenters. The Hall–Kier alpha value is -1.24. The summed E-state index contributed by atoms with van der Waals surface area (Å²) in [5.41, 5.74) is 0. The van der Waals surface area contributed by atoms with Crippen LogP contribution in [0.3, 0.4) is 0 Å². The number of nitrogens with one attached hydrogen (secondary N) is 1. The lowest BCUT2D eigenvalue weighted by Gasteiger charge is -2.17. The molecule has 1 rings (SSSR count). The van der Waals surface area contributed by atoms with Crippen molar-refractivity contribution in [1.82, 2.24) is 10.2 Å². The Balaban J connectivity index is 2.53. The van der Waals surface area contributed by atoms with Gasteiger partial charge in [0.15, 0.2) is 0 Å². The topological polar surface area (TPSA) is 86.7 Å². The van der Waals surface area contributed by atoms with Gasteiger partial charge in [-0.3, -0.25) is 9.59 Å². The summed E-state index contributed by atoms with van der Waals surface area (Å²) in [7, 11) is 0. The molecule has 1 aliphatic heterocycles. The number of likely N-dealkylation sites (tertiary alicyclic amines) is 1. The maximum atomic E-state index is 12.0. The highest BCUT2D eigenvalue weighted by molar-refractivity contribution is 7.98. The van der Waals surface area contributed by atoms with Crippen molar-refractivity contribution < 1.29 is 19.5 Å². The van der Waals surface area contributed by atoms with Gasteiger partial charge in [-0.1, -0.05) is 0 Å². The molecule has 0 radical (unpaired) electrons. The number of carboxylic acid groups (broad SMARTS) is 1. The Morgan fingerprint density at radius 2 is 2.26 bits per heavy atom. The molecule has 1 aliphatic rings. The van der Waals surface area contributed by atoms with Crippen molar-refractivity contribution in [3.63, 3.8) is 0 Å². The molecule has 0 aromatic rings. The number of aliphatic carboxylic acids is 1. The lowest BCUT2D eigenvalue weighted by molar-refractivity contribution is -0.142. The molecule has 7 heteroatoms. The Labute approximate surface area is 116 Å². The van der Waals surface area contributed by atoms with E-state index in [9.17, 15) is 14.4 Å². The van der Waals surface area contributed by atoms with Crippen LogP contribution in [0, 0.1) is 5.92 Å². The first-order valence-corrected chi connectivity index (χ1v) is 7.68. The van der Waals surface area contributed by atoms with Gasteiger partial charge in [0.05, 0.1) is 5.92 Å². The third-order valence-corrected chi connectivity index (χ3v) is 3.84. The number of thioether (sulfide) groups is 1. The Bertz CT molecular complexity index is 362. The van der Waals surface area contributed by atoms with Gasteiger partial charge in [0.2, 0.25) is 11.8 Å². The highest BCUT2D eigenvalue weighted by Gasteiger charge is 2.34. The molecule has 0 spiro atoms. The fourth-order valence-electron chi connectivity index (χ4n) is 2.04. The summed E-state index contributed by atoms with van der Waals surface area (Å²) in [5.74, 6) is -1.17. The number of rotatable bonds is 7. The van der Waals surface area contributed by atoms with E-state index >= 15 is 0 Å². The largest absolute Gasteiger partial charge is 0.480 e. The van der Waals surface area contributed by atoms with Gasteiger partial charge < -0.3 is 15.3 Å². The minimum absolute atomic E-state index is 0.0429. The SMILES string of the molecule is CCN1CC(C(=O)N[C@@H](CCSC)C(=O)O)CC1=O. The molecule has 0 bridgehead atoms. The van der Waals surface area contributed by atoms with Gasteiger partial charge in [0, 0.05) is 19.5 Å². The molecule has 0 aliphatic carbocycles. The van der Waals surface area contributed by atoms with Gasteiger partial charge in [-0.2, -0.15) is 11.8 Å². The highest BCUT2D eigenvalue weighted by atomic mass is 32.2. The summed E-state index contributed by atoms with van der Waals surface area (Å²) in [5, 5.41) is 11.6. The van der Waals surface area contributed by atoms with Crippen LogP contribution in [0.25, 0.3) is 0 Å². The van der Waals surface area contributed by atoms with Crippen LogP contribution in [0.4, 0.5) is 0 Å². The van der Waals surface area contributed by atoms with E-state index in [1.807, 2.05) is 13.2 Å². The van der Waals surface area contributed by atoms with Gasteiger partial charge in [-0.05, 0) is 25.4 Å². The molecule has 2 amide bonds. The van der Waals surface area contributed by atoms with Crippen LogP contribution in [0.5, 0.6) is 0 Å². The van der Waals surface area contributed by atoms with E-state index in [-0.39, 0.29) is 18.2 Å². The fraction of sp³-hybridized carbons (Fsp3) is 0.750. The summed E-state index contributed by atoms with van der Waals surface area (Å²) in [4.78, 5) is 36.2. The molecule has 1 saturated heterocycles. The standard InChI is InChI=1S/C12H20N2O4S/c1-3-14-7-8(6-10(14)15)11(16)13-9(12(17)18)4-5-19-2/h8-9H,3-7H2,1-2H3,(H,13,16)(H,17,18)/t8?,9-/m0/s1. The minimum Gasteiger partial charge on any atom is -0.480 e. The molecule has 0 aromatic carbocycles. The summed E-state index contributed by atoms with van der Waals surface area (Å²) < 4.78 is 0. The van der Waals surface area contributed by atoms with Crippen LogP contribution < -0.4 is 5.32 Å². The van der Waals surface area contributed by atoms with Crippen molar-refractivity contribution in [1.29, 1.82) is 0 Å². The zero-order valence-electron chi connectivity index (χ0n) is 11.2. The first-order valence-electron chi connectivity index (χ1n) is 6.29. The van der Waals surface area contributed by atoms with E-state index in [1.54, 1.807) is 4.90 Å². The maximum absolute atomic E-state index is 12.0. The zero-order chi connectivity index (χ0) is 14.4. The molecule has 1 heterocycles. The van der Waals surface area contributed by atoms with E-state index in [0.29, 0.717) is 25.3 Å². The van der Waals surface area contributed by atoms with Crippen molar-refractivity contribution in [2.45, 2.75) is 25.8 Å². The lowest BCUT2D eigenvalue weighted by atomic mass is 10.1. The number of hydrogen-bond donors (Lipinski definition) is 2. The van der Waals surface area contributed by atoms with Crippen molar-refractivity contribution in [3.8, 4) is 0 Å². The van der Waals surface area contributed by atoms with E-state index in [1.165, 1.54) is 11.8 Å². The summed E-state index contributed by atoms with van der Waals surface area (Å²) in [6.45, 7) is 2.82. The van der Waals surface area contributed by atoms with Gasteiger partial charge in [-0.15, -0.1) is 0 Å². The van der Waals surface area contributed by atoms with Gasteiger partial charge in [0.1, 0.15) is 6.04 Å². The van der Waals surface area contributed by atoms with E-state index < -0.39 is 17.9 Å². The second kappa shape index (κ2) is 7.37. The molecular weight excluding hydrogens is 268 g/mol.